The Morgan fingerprint density at radius 2 is 1.64 bits per heavy atom. The molecular formula is C27H31N3O3. The van der Waals surface area contributed by atoms with E-state index in [4.69, 9.17) is 4.74 Å². The zero-order chi connectivity index (χ0) is 23.7. The molecule has 1 aliphatic rings. The lowest BCUT2D eigenvalue weighted by Gasteiger charge is -2.19. The van der Waals surface area contributed by atoms with Crippen LogP contribution in [0.5, 0.6) is 0 Å². The molecule has 2 aromatic rings. The van der Waals surface area contributed by atoms with Gasteiger partial charge in [-0.15, -0.1) is 0 Å². The van der Waals surface area contributed by atoms with E-state index >= 15 is 0 Å². The molecule has 0 saturated heterocycles. The van der Waals surface area contributed by atoms with Crippen LogP contribution in [0.4, 0.5) is 4.79 Å². The van der Waals surface area contributed by atoms with Crippen molar-refractivity contribution in [2.75, 3.05) is 13.1 Å². The molecule has 0 radical (unpaired) electrons. The Morgan fingerprint density at radius 3 is 2.36 bits per heavy atom. The summed E-state index contributed by atoms with van der Waals surface area (Å²) < 4.78 is 5.19. The van der Waals surface area contributed by atoms with Gasteiger partial charge in [-0.05, 0) is 75.8 Å². The maximum atomic E-state index is 12.3. The third kappa shape index (κ3) is 7.80. The van der Waals surface area contributed by atoms with Gasteiger partial charge in [-0.1, -0.05) is 30.2 Å². The molecule has 2 aromatic carbocycles. The summed E-state index contributed by atoms with van der Waals surface area (Å²) in [7, 11) is 0. The normalized spacial score (nSPS) is 12.2. The molecule has 0 aromatic heterocycles. The van der Waals surface area contributed by atoms with E-state index in [9.17, 15) is 9.59 Å². The average Bonchev–Trinajstić information content (AvgIpc) is 3.19. The predicted octanol–water partition coefficient (Wildman–Crippen LogP) is 4.47. The van der Waals surface area contributed by atoms with Crippen LogP contribution in [0.1, 0.15) is 67.1 Å². The molecular weight excluding hydrogens is 414 g/mol. The van der Waals surface area contributed by atoms with Crippen LogP contribution in [0.15, 0.2) is 53.5 Å². The number of alkyl carbamates (subject to hydrolysis) is 1. The minimum atomic E-state index is -0.490. The number of rotatable bonds is 7. The highest BCUT2D eigenvalue weighted by molar-refractivity contribution is 6.15. The first-order valence-corrected chi connectivity index (χ1v) is 11.3. The van der Waals surface area contributed by atoms with E-state index < -0.39 is 11.7 Å². The number of unbranched alkanes of at least 4 members (excludes halogenated alkanes) is 2. The molecule has 6 heteroatoms. The number of benzene rings is 2. The second-order valence-corrected chi connectivity index (χ2v) is 8.89. The lowest BCUT2D eigenvalue weighted by Crippen LogP contribution is -2.33. The Morgan fingerprint density at radius 1 is 0.939 bits per heavy atom. The van der Waals surface area contributed by atoms with E-state index in [1.807, 2.05) is 51.1 Å². The van der Waals surface area contributed by atoms with Crippen molar-refractivity contribution in [3.05, 3.63) is 70.8 Å². The standard InChI is InChI=1S/C27H31N3O3/c1-27(2,3)33-26(32)29-18-8-4-7-17-28-25(31)21-14-11-20(12-15-21)13-16-24-23-10-6-5-9-22(23)19-30-24/h5-6,9-12,14-15H,4,7-8,17-19H2,1-3H3,(H,28,31)(H,29,32). The highest BCUT2D eigenvalue weighted by Gasteiger charge is 2.15. The molecule has 0 atom stereocenters. The van der Waals surface area contributed by atoms with Gasteiger partial charge in [0.2, 0.25) is 0 Å². The Hall–Kier alpha value is -3.59. The van der Waals surface area contributed by atoms with Crippen LogP contribution >= 0.6 is 0 Å². The van der Waals surface area contributed by atoms with Gasteiger partial charge in [-0.25, -0.2) is 4.79 Å². The smallest absolute Gasteiger partial charge is 0.407 e. The summed E-state index contributed by atoms with van der Waals surface area (Å²) in [4.78, 5) is 28.4. The van der Waals surface area contributed by atoms with Crippen LogP contribution in [0.3, 0.4) is 0 Å². The molecule has 6 nitrogen and oxygen atoms in total. The van der Waals surface area contributed by atoms with Crippen LogP contribution < -0.4 is 10.6 Å². The molecule has 0 bridgehead atoms. The summed E-state index contributed by atoms with van der Waals surface area (Å²) in [6.45, 7) is 7.33. The second-order valence-electron chi connectivity index (χ2n) is 8.89. The van der Waals surface area contributed by atoms with Crippen molar-refractivity contribution in [3.63, 3.8) is 0 Å². The maximum Gasteiger partial charge on any atom is 0.407 e. The van der Waals surface area contributed by atoms with Gasteiger partial charge in [-0.3, -0.25) is 9.79 Å². The lowest BCUT2D eigenvalue weighted by molar-refractivity contribution is 0.0527. The first kappa shape index (κ1) is 24.1. The van der Waals surface area contributed by atoms with Crippen molar-refractivity contribution in [3.8, 4) is 11.8 Å². The lowest BCUT2D eigenvalue weighted by atomic mass is 10.1. The number of carbonyl (C=O) groups is 2. The highest BCUT2D eigenvalue weighted by Crippen LogP contribution is 2.17. The minimum Gasteiger partial charge on any atom is -0.444 e. The number of hydrogen-bond acceptors (Lipinski definition) is 4. The van der Waals surface area contributed by atoms with Crippen LogP contribution in [0.25, 0.3) is 0 Å². The number of carbonyl (C=O) groups excluding carboxylic acids is 2. The molecule has 2 amide bonds. The van der Waals surface area contributed by atoms with Crippen LogP contribution in [0, 0.1) is 11.8 Å². The van der Waals surface area contributed by atoms with Crippen LogP contribution in [-0.2, 0) is 11.3 Å². The third-order valence-electron chi connectivity index (χ3n) is 4.96. The monoisotopic (exact) mass is 445 g/mol. The molecule has 3 rings (SSSR count). The highest BCUT2D eigenvalue weighted by atomic mass is 16.6. The number of amides is 2. The Labute approximate surface area is 195 Å². The van der Waals surface area contributed by atoms with E-state index in [1.54, 1.807) is 12.1 Å². The van der Waals surface area contributed by atoms with Gasteiger partial charge in [0.05, 0.1) is 6.54 Å². The van der Waals surface area contributed by atoms with Crippen molar-refractivity contribution in [1.29, 1.82) is 0 Å². The summed E-state index contributed by atoms with van der Waals surface area (Å²) in [5.74, 6) is 6.18. The molecule has 0 saturated carbocycles. The Kier molecular flexibility index (Phi) is 8.26. The molecule has 1 aliphatic heterocycles. The molecule has 33 heavy (non-hydrogen) atoms. The first-order valence-electron chi connectivity index (χ1n) is 11.3. The molecule has 0 unspecified atom stereocenters. The van der Waals surface area contributed by atoms with Crippen LogP contribution in [0.2, 0.25) is 0 Å². The van der Waals surface area contributed by atoms with Gasteiger partial charge in [0.15, 0.2) is 0 Å². The van der Waals surface area contributed by atoms with Gasteiger partial charge in [0.1, 0.15) is 11.3 Å². The molecule has 0 aliphatic carbocycles. The largest absolute Gasteiger partial charge is 0.444 e. The zero-order valence-corrected chi connectivity index (χ0v) is 19.5. The topological polar surface area (TPSA) is 79.8 Å². The number of nitrogens with zero attached hydrogens (tertiary/aromatic N) is 1. The third-order valence-corrected chi connectivity index (χ3v) is 4.96. The fourth-order valence-electron chi connectivity index (χ4n) is 3.32. The van der Waals surface area contributed by atoms with Crippen molar-refractivity contribution < 1.29 is 14.3 Å². The van der Waals surface area contributed by atoms with E-state index in [0.29, 0.717) is 25.2 Å². The maximum absolute atomic E-state index is 12.3. The van der Waals surface area contributed by atoms with Crippen LogP contribution in [-0.4, -0.2) is 36.4 Å². The van der Waals surface area contributed by atoms with Gasteiger partial charge >= 0.3 is 6.09 Å². The molecule has 1 heterocycles. The van der Waals surface area contributed by atoms with E-state index in [-0.39, 0.29) is 5.91 Å². The minimum absolute atomic E-state index is 0.101. The number of aliphatic imine (C=N–C) groups is 1. The van der Waals surface area contributed by atoms with Gasteiger partial charge in [0.25, 0.3) is 5.91 Å². The summed E-state index contributed by atoms with van der Waals surface area (Å²) in [6, 6.07) is 15.4. The van der Waals surface area contributed by atoms with Crippen molar-refractivity contribution >= 4 is 17.7 Å². The fraction of sp³-hybridized carbons (Fsp3) is 0.370. The van der Waals surface area contributed by atoms with Crippen molar-refractivity contribution in [1.82, 2.24) is 10.6 Å². The number of nitrogens with one attached hydrogen (secondary N) is 2. The molecule has 0 spiro atoms. The van der Waals surface area contributed by atoms with Gasteiger partial charge < -0.3 is 15.4 Å². The number of hydrogen-bond donors (Lipinski definition) is 2. The summed E-state index contributed by atoms with van der Waals surface area (Å²) in [6.07, 6.45) is 2.18. The number of fused-ring (bicyclic) bond motifs is 1. The molecule has 0 fully saturated rings. The van der Waals surface area contributed by atoms with Crippen molar-refractivity contribution in [2.45, 2.75) is 52.2 Å². The summed E-state index contributed by atoms with van der Waals surface area (Å²) in [5, 5.41) is 5.67. The second kappa shape index (κ2) is 11.3. The fourth-order valence-corrected chi connectivity index (χ4v) is 3.32. The van der Waals surface area contributed by atoms with Gasteiger partial charge in [0, 0.05) is 29.8 Å². The van der Waals surface area contributed by atoms with E-state index in [1.165, 1.54) is 5.56 Å². The average molecular weight is 446 g/mol. The number of ether oxygens (including phenoxy) is 1. The SMILES string of the molecule is CC(C)(C)OC(=O)NCCCCCNC(=O)c1ccc(C#CC2=NCc3ccccc32)cc1. The van der Waals surface area contributed by atoms with E-state index in [2.05, 4.69) is 33.5 Å². The Balaban J connectivity index is 1.35. The van der Waals surface area contributed by atoms with Crippen molar-refractivity contribution in [2.24, 2.45) is 4.99 Å². The first-order chi connectivity index (χ1) is 15.8. The quantitative estimate of drug-likeness (QED) is 0.488. The molecule has 2 N–H and O–H groups in total. The molecule has 172 valence electrons. The Bertz CT molecular complexity index is 1070. The van der Waals surface area contributed by atoms with E-state index in [0.717, 1.165) is 36.1 Å². The zero-order valence-electron chi connectivity index (χ0n) is 19.5. The predicted molar refractivity (Wildman–Crippen MR) is 130 cm³/mol. The summed E-state index contributed by atoms with van der Waals surface area (Å²) in [5.41, 5.74) is 4.08. The van der Waals surface area contributed by atoms with Gasteiger partial charge in [-0.2, -0.15) is 0 Å². The summed E-state index contributed by atoms with van der Waals surface area (Å²) >= 11 is 0.